The Morgan fingerprint density at radius 1 is 0.763 bits per heavy atom. The van der Waals surface area contributed by atoms with Gasteiger partial charge in [-0.1, -0.05) is 87.5 Å². The minimum absolute atomic E-state index is 0.152. The van der Waals surface area contributed by atoms with Gasteiger partial charge in [-0.15, -0.1) is 9.24 Å². The van der Waals surface area contributed by atoms with E-state index in [1.54, 1.807) is 21.7 Å². The van der Waals surface area contributed by atoms with E-state index in [-0.39, 0.29) is 5.41 Å². The van der Waals surface area contributed by atoms with Crippen molar-refractivity contribution in [1.82, 2.24) is 0 Å². The Hall–Kier alpha value is -1.48. The van der Waals surface area contributed by atoms with Crippen molar-refractivity contribution in [2.45, 2.75) is 83.7 Å². The molecule has 1 unspecified atom stereocenters. The highest BCUT2D eigenvalue weighted by molar-refractivity contribution is 7.72. The summed E-state index contributed by atoms with van der Waals surface area (Å²) in [4.78, 5) is 0. The molecule has 0 radical (unpaired) electrons. The molecule has 200 valence electrons. The van der Waals surface area contributed by atoms with Gasteiger partial charge in [0.25, 0.3) is 0 Å². The lowest BCUT2D eigenvalue weighted by atomic mass is 9.44. The lowest BCUT2D eigenvalue weighted by Gasteiger charge is -2.62. The smallest absolute Gasteiger partial charge is 0.00471 e. The van der Waals surface area contributed by atoms with Gasteiger partial charge in [0.1, 0.15) is 0 Å². The van der Waals surface area contributed by atoms with Crippen molar-refractivity contribution in [3.8, 4) is 0 Å². The Labute approximate surface area is 235 Å². The predicted octanol–water partition coefficient (Wildman–Crippen LogP) is 8.80. The molecule has 0 aromatic heterocycles. The average Bonchev–Trinajstić information content (AvgIpc) is 2.88. The van der Waals surface area contributed by atoms with E-state index in [0.717, 1.165) is 29.8 Å². The Bertz CT molecular complexity index is 1240. The summed E-state index contributed by atoms with van der Waals surface area (Å²) in [5.74, 6) is 3.71. The van der Waals surface area contributed by atoms with Crippen LogP contribution in [0.1, 0.15) is 80.7 Å². The normalized spacial score (nSPS) is 28.3. The fourth-order valence-electron chi connectivity index (χ4n) is 8.76. The standard InChI is InChI=1S/C36H46P2/c1-24-10-6-8-12-33(24)38(34-13-9-7-11-25(34)2)22-28-21-29(35(3,4)5)14-15-32(28)36(23-37)30-17-26-16-27(19-30)20-31(36)18-26/h6-15,21,26-27,30-31H,16-20,22-23,37H2,1-5H3. The molecule has 0 aliphatic heterocycles. The second-order valence-corrected chi connectivity index (χ2v) is 16.4. The summed E-state index contributed by atoms with van der Waals surface area (Å²) in [6.45, 7) is 11.8. The SMILES string of the molecule is Cc1ccccc1P(Cc1cc(C(C)(C)C)ccc1C1(CP)C2CC3CC(C2)CC1C3)c1ccccc1C. The summed E-state index contributed by atoms with van der Waals surface area (Å²) in [6.07, 6.45) is 9.73. The van der Waals surface area contributed by atoms with Crippen LogP contribution < -0.4 is 10.6 Å². The third-order valence-corrected chi connectivity index (χ3v) is 14.0. The first-order valence-electron chi connectivity index (χ1n) is 14.9. The average molecular weight is 541 g/mol. The van der Waals surface area contributed by atoms with Gasteiger partial charge in [0.05, 0.1) is 0 Å². The molecule has 4 bridgehead atoms. The molecule has 3 aromatic rings. The van der Waals surface area contributed by atoms with E-state index in [9.17, 15) is 0 Å². The maximum absolute atomic E-state index is 3.26. The topological polar surface area (TPSA) is 0 Å². The number of aryl methyl sites for hydroxylation is 2. The summed E-state index contributed by atoms with van der Waals surface area (Å²) < 4.78 is 0. The van der Waals surface area contributed by atoms with E-state index < -0.39 is 7.92 Å². The first-order valence-corrected chi connectivity index (χ1v) is 17.3. The summed E-state index contributed by atoms with van der Waals surface area (Å²) in [7, 11) is 2.75. The number of rotatable bonds is 6. The van der Waals surface area contributed by atoms with E-state index in [0.29, 0.717) is 5.41 Å². The van der Waals surface area contributed by atoms with Crippen LogP contribution >= 0.6 is 17.2 Å². The lowest BCUT2D eigenvalue weighted by molar-refractivity contribution is -0.0503. The van der Waals surface area contributed by atoms with Gasteiger partial charge < -0.3 is 0 Å². The fraction of sp³-hybridized carbons (Fsp3) is 0.500. The highest BCUT2D eigenvalue weighted by Gasteiger charge is 2.57. The van der Waals surface area contributed by atoms with Gasteiger partial charge in [-0.25, -0.2) is 0 Å². The highest BCUT2D eigenvalue weighted by atomic mass is 31.1. The molecular formula is C36H46P2. The van der Waals surface area contributed by atoms with E-state index in [1.807, 2.05) is 0 Å². The van der Waals surface area contributed by atoms with Gasteiger partial charge in [0, 0.05) is 11.6 Å². The second kappa shape index (κ2) is 10.2. The van der Waals surface area contributed by atoms with E-state index >= 15 is 0 Å². The summed E-state index contributed by atoms with van der Waals surface area (Å²) in [6, 6.07) is 26.1. The van der Waals surface area contributed by atoms with Gasteiger partial charge in [-0.05, 0) is 128 Å². The van der Waals surface area contributed by atoms with Crippen molar-refractivity contribution in [3.05, 3.63) is 94.5 Å². The zero-order valence-electron chi connectivity index (χ0n) is 24.1. The first-order chi connectivity index (χ1) is 18.2. The molecule has 0 amide bonds. The molecule has 7 rings (SSSR count). The third-order valence-electron chi connectivity index (χ3n) is 10.5. The molecule has 1 atom stereocenters. The van der Waals surface area contributed by atoms with Crippen molar-refractivity contribution in [3.63, 3.8) is 0 Å². The maximum Gasteiger partial charge on any atom is 0.00471 e. The maximum atomic E-state index is 3.26. The number of benzene rings is 3. The first kappa shape index (κ1) is 26.7. The molecule has 3 aromatic carbocycles. The quantitative estimate of drug-likeness (QED) is 0.274. The molecule has 0 heterocycles. The second-order valence-electron chi connectivity index (χ2n) is 13.8. The van der Waals surface area contributed by atoms with Crippen molar-refractivity contribution in [2.75, 3.05) is 6.16 Å². The molecule has 0 spiro atoms. The van der Waals surface area contributed by atoms with Crippen LogP contribution in [0.15, 0.2) is 66.7 Å². The summed E-state index contributed by atoms with van der Waals surface area (Å²) >= 11 is 0. The van der Waals surface area contributed by atoms with E-state index in [4.69, 9.17) is 0 Å². The van der Waals surface area contributed by atoms with Crippen LogP contribution in [0.4, 0.5) is 0 Å². The van der Waals surface area contributed by atoms with Crippen LogP contribution in [0.2, 0.25) is 0 Å². The number of hydrogen-bond donors (Lipinski definition) is 0. The summed E-state index contributed by atoms with van der Waals surface area (Å²) in [5, 5.41) is 3.10. The fourth-order valence-corrected chi connectivity index (χ4v) is 12.4. The predicted molar refractivity (Wildman–Crippen MR) is 171 cm³/mol. The van der Waals surface area contributed by atoms with Crippen LogP contribution in [0, 0.1) is 37.5 Å². The Morgan fingerprint density at radius 3 is 1.76 bits per heavy atom. The monoisotopic (exact) mass is 540 g/mol. The molecule has 0 saturated heterocycles. The van der Waals surface area contributed by atoms with Crippen LogP contribution in [0.5, 0.6) is 0 Å². The van der Waals surface area contributed by atoms with Crippen molar-refractivity contribution < 1.29 is 0 Å². The molecule has 2 heteroatoms. The van der Waals surface area contributed by atoms with Crippen LogP contribution in [0.3, 0.4) is 0 Å². The van der Waals surface area contributed by atoms with E-state index in [1.165, 1.54) is 55.0 Å². The van der Waals surface area contributed by atoms with Gasteiger partial charge in [-0.3, -0.25) is 0 Å². The Morgan fingerprint density at radius 2 is 1.29 bits per heavy atom. The highest BCUT2D eigenvalue weighted by Crippen LogP contribution is 2.64. The minimum Gasteiger partial charge on any atom is -0.137 e. The van der Waals surface area contributed by atoms with Crippen LogP contribution in [-0.2, 0) is 17.0 Å². The van der Waals surface area contributed by atoms with Crippen molar-refractivity contribution in [2.24, 2.45) is 23.7 Å². The molecule has 0 nitrogen and oxygen atoms in total. The molecular weight excluding hydrogens is 494 g/mol. The molecule has 4 saturated carbocycles. The zero-order valence-corrected chi connectivity index (χ0v) is 26.2. The molecule has 4 aliphatic carbocycles. The Balaban J connectivity index is 1.53. The molecule has 4 fully saturated rings. The van der Waals surface area contributed by atoms with Gasteiger partial charge in [-0.2, -0.15) is 0 Å². The largest absolute Gasteiger partial charge is 0.137 e. The number of hydrogen-bond acceptors (Lipinski definition) is 0. The van der Waals surface area contributed by atoms with Gasteiger partial charge in [0.15, 0.2) is 0 Å². The molecule has 4 aliphatic rings. The van der Waals surface area contributed by atoms with Crippen LogP contribution in [-0.4, -0.2) is 6.16 Å². The Kier molecular flexibility index (Phi) is 7.15. The van der Waals surface area contributed by atoms with Crippen LogP contribution in [0.25, 0.3) is 0 Å². The van der Waals surface area contributed by atoms with Gasteiger partial charge in [0.2, 0.25) is 0 Å². The minimum atomic E-state index is -0.503. The third kappa shape index (κ3) is 4.53. The van der Waals surface area contributed by atoms with Crippen molar-refractivity contribution in [1.29, 1.82) is 0 Å². The lowest BCUT2D eigenvalue weighted by Crippen LogP contribution is -2.56. The summed E-state index contributed by atoms with van der Waals surface area (Å²) in [5.41, 5.74) is 8.20. The molecule has 38 heavy (non-hydrogen) atoms. The van der Waals surface area contributed by atoms with Gasteiger partial charge >= 0.3 is 0 Å². The zero-order chi connectivity index (χ0) is 26.7. The van der Waals surface area contributed by atoms with Crippen molar-refractivity contribution >= 4 is 27.8 Å². The van der Waals surface area contributed by atoms with E-state index in [2.05, 4.69) is 111 Å². The molecule has 0 N–H and O–H groups in total.